The fourth-order valence-corrected chi connectivity index (χ4v) is 2.39. The van der Waals surface area contributed by atoms with Gasteiger partial charge in [-0.15, -0.1) is 0 Å². The van der Waals surface area contributed by atoms with Gasteiger partial charge < -0.3 is 0 Å². The van der Waals surface area contributed by atoms with E-state index in [0.29, 0.717) is 0 Å². The van der Waals surface area contributed by atoms with Gasteiger partial charge in [-0.05, 0) is 42.2 Å². The van der Waals surface area contributed by atoms with Gasteiger partial charge >= 0.3 is 0 Å². The van der Waals surface area contributed by atoms with E-state index in [-0.39, 0.29) is 0 Å². The summed E-state index contributed by atoms with van der Waals surface area (Å²) in [7, 11) is 0. The molecule has 0 saturated heterocycles. The second-order valence-corrected chi connectivity index (χ2v) is 4.26. The van der Waals surface area contributed by atoms with E-state index in [4.69, 9.17) is 0 Å². The molecule has 0 bridgehead atoms. The van der Waals surface area contributed by atoms with Gasteiger partial charge in [-0.3, -0.25) is 4.98 Å². The van der Waals surface area contributed by atoms with Crippen LogP contribution < -0.4 is 0 Å². The Labute approximate surface area is 89.8 Å². The van der Waals surface area contributed by atoms with E-state index in [1.807, 2.05) is 6.20 Å². The summed E-state index contributed by atoms with van der Waals surface area (Å²) in [5.41, 5.74) is 8.12. The van der Waals surface area contributed by atoms with E-state index in [9.17, 15) is 0 Å². The number of aromatic nitrogens is 1. The molecule has 0 N–H and O–H groups in total. The molecule has 0 saturated carbocycles. The highest BCUT2D eigenvalue weighted by Gasteiger charge is 2.19. The molecule has 15 heavy (non-hydrogen) atoms. The quantitative estimate of drug-likeness (QED) is 0.536. The minimum absolute atomic E-state index is 1.05. The summed E-state index contributed by atoms with van der Waals surface area (Å²) in [6, 6.07) is 8.83. The molecule has 0 atom stereocenters. The molecule has 1 aliphatic rings. The number of rotatable bonds is 0. The molecule has 3 rings (SSSR count). The molecule has 0 amide bonds. The largest absolute Gasteiger partial charge is 0.261 e. The van der Waals surface area contributed by atoms with E-state index in [0.717, 1.165) is 6.42 Å². The normalized spacial score (nSPS) is 12.4. The third kappa shape index (κ3) is 1.19. The van der Waals surface area contributed by atoms with Gasteiger partial charge in [-0.1, -0.05) is 23.8 Å². The molecule has 2 aromatic rings. The number of benzene rings is 1. The predicted octanol–water partition coefficient (Wildman–Crippen LogP) is 3.27. The van der Waals surface area contributed by atoms with Crippen LogP contribution in [0.15, 0.2) is 30.5 Å². The lowest BCUT2D eigenvalue weighted by Gasteiger charge is -2.02. The summed E-state index contributed by atoms with van der Waals surface area (Å²) in [4.78, 5) is 4.36. The van der Waals surface area contributed by atoms with Gasteiger partial charge in [0.25, 0.3) is 0 Å². The van der Waals surface area contributed by atoms with Crippen LogP contribution in [0.2, 0.25) is 0 Å². The highest BCUT2D eigenvalue weighted by molar-refractivity contribution is 5.77. The topological polar surface area (TPSA) is 12.9 Å². The van der Waals surface area contributed by atoms with Crippen molar-refractivity contribution >= 4 is 0 Å². The van der Waals surface area contributed by atoms with Crippen molar-refractivity contribution in [1.29, 1.82) is 0 Å². The number of aryl methyl sites for hydroxylation is 2. The molecule has 1 aromatic heterocycles. The highest BCUT2D eigenvalue weighted by atomic mass is 14.7. The van der Waals surface area contributed by atoms with Crippen LogP contribution in [0.25, 0.3) is 11.1 Å². The Balaban J connectivity index is 2.28. The van der Waals surface area contributed by atoms with Crippen molar-refractivity contribution in [3.8, 4) is 11.1 Å². The lowest BCUT2D eigenvalue weighted by molar-refractivity contribution is 1.11. The maximum atomic E-state index is 4.36. The zero-order chi connectivity index (χ0) is 10.4. The third-order valence-corrected chi connectivity index (χ3v) is 3.19. The standard InChI is InChI=1S/C14H13N/c1-9-3-4-12-11(7-9)8-14-10(2)15-6-5-13(12)14/h3-7H,8H2,1-2H3. The Morgan fingerprint density at radius 2 is 1.93 bits per heavy atom. The van der Waals surface area contributed by atoms with Crippen LogP contribution in [-0.2, 0) is 6.42 Å². The summed E-state index contributed by atoms with van der Waals surface area (Å²) in [5, 5.41) is 0. The molecular weight excluding hydrogens is 182 g/mol. The molecule has 1 heteroatoms. The molecule has 74 valence electrons. The first-order valence-electron chi connectivity index (χ1n) is 5.30. The second-order valence-electron chi connectivity index (χ2n) is 4.26. The Hall–Kier alpha value is -1.63. The fraction of sp³-hybridized carbons (Fsp3) is 0.214. The van der Waals surface area contributed by atoms with Crippen molar-refractivity contribution in [2.45, 2.75) is 20.3 Å². The van der Waals surface area contributed by atoms with Gasteiger partial charge in [0.1, 0.15) is 0 Å². The Morgan fingerprint density at radius 1 is 1.07 bits per heavy atom. The number of pyridine rings is 1. The van der Waals surface area contributed by atoms with Crippen LogP contribution in [0.5, 0.6) is 0 Å². The van der Waals surface area contributed by atoms with E-state index >= 15 is 0 Å². The van der Waals surface area contributed by atoms with Crippen molar-refractivity contribution in [1.82, 2.24) is 4.98 Å². The summed E-state index contributed by atoms with van der Waals surface area (Å²) in [6.07, 6.45) is 2.95. The van der Waals surface area contributed by atoms with E-state index in [2.05, 4.69) is 43.1 Å². The number of fused-ring (bicyclic) bond motifs is 3. The first-order chi connectivity index (χ1) is 7.25. The number of hydrogen-bond acceptors (Lipinski definition) is 1. The Kier molecular flexibility index (Phi) is 1.69. The van der Waals surface area contributed by atoms with Crippen LogP contribution in [0.4, 0.5) is 0 Å². The van der Waals surface area contributed by atoms with Crippen LogP contribution in [0.1, 0.15) is 22.4 Å². The Morgan fingerprint density at radius 3 is 2.80 bits per heavy atom. The maximum absolute atomic E-state index is 4.36. The minimum atomic E-state index is 1.05. The van der Waals surface area contributed by atoms with Crippen molar-refractivity contribution < 1.29 is 0 Å². The molecule has 1 aromatic carbocycles. The van der Waals surface area contributed by atoms with Gasteiger partial charge in [0.05, 0.1) is 0 Å². The van der Waals surface area contributed by atoms with Crippen molar-refractivity contribution in [2.75, 3.05) is 0 Å². The molecular formula is C14H13N. The average molecular weight is 195 g/mol. The molecule has 0 aliphatic heterocycles. The van der Waals surface area contributed by atoms with Gasteiger partial charge in [0, 0.05) is 18.3 Å². The second kappa shape index (κ2) is 2.93. The molecule has 0 unspecified atom stereocenters. The van der Waals surface area contributed by atoms with E-state index in [1.54, 1.807) is 0 Å². The van der Waals surface area contributed by atoms with Crippen LogP contribution in [-0.4, -0.2) is 4.98 Å². The fourth-order valence-electron chi connectivity index (χ4n) is 2.39. The van der Waals surface area contributed by atoms with Crippen molar-refractivity contribution in [2.24, 2.45) is 0 Å². The van der Waals surface area contributed by atoms with Gasteiger partial charge in [0.2, 0.25) is 0 Å². The van der Waals surface area contributed by atoms with Gasteiger partial charge in [-0.2, -0.15) is 0 Å². The lowest BCUT2D eigenvalue weighted by Crippen LogP contribution is -1.89. The van der Waals surface area contributed by atoms with Crippen molar-refractivity contribution in [3.05, 3.63) is 52.8 Å². The minimum Gasteiger partial charge on any atom is -0.261 e. The Bertz CT molecular complexity index is 541. The monoisotopic (exact) mass is 195 g/mol. The average Bonchev–Trinajstić information content (AvgIpc) is 2.57. The summed E-state index contributed by atoms with van der Waals surface area (Å²) in [5.74, 6) is 0. The zero-order valence-corrected chi connectivity index (χ0v) is 9.04. The predicted molar refractivity (Wildman–Crippen MR) is 62.0 cm³/mol. The van der Waals surface area contributed by atoms with Crippen LogP contribution in [0.3, 0.4) is 0 Å². The molecule has 0 spiro atoms. The smallest absolute Gasteiger partial charge is 0.0414 e. The molecule has 0 radical (unpaired) electrons. The van der Waals surface area contributed by atoms with Gasteiger partial charge in [-0.25, -0.2) is 0 Å². The molecule has 1 aliphatic carbocycles. The third-order valence-electron chi connectivity index (χ3n) is 3.19. The summed E-state index contributed by atoms with van der Waals surface area (Å²) >= 11 is 0. The summed E-state index contributed by atoms with van der Waals surface area (Å²) in [6.45, 7) is 4.24. The first kappa shape index (κ1) is 8.66. The van der Waals surface area contributed by atoms with Crippen LogP contribution >= 0.6 is 0 Å². The SMILES string of the molecule is Cc1ccc2c(c1)Cc1c-2ccnc1C. The van der Waals surface area contributed by atoms with Crippen LogP contribution in [0, 0.1) is 13.8 Å². The maximum Gasteiger partial charge on any atom is 0.0414 e. The molecule has 1 heterocycles. The van der Waals surface area contributed by atoms with E-state index < -0.39 is 0 Å². The van der Waals surface area contributed by atoms with Crippen molar-refractivity contribution in [3.63, 3.8) is 0 Å². The number of nitrogens with zero attached hydrogens (tertiary/aromatic N) is 1. The van der Waals surface area contributed by atoms with E-state index in [1.165, 1.54) is 33.5 Å². The highest BCUT2D eigenvalue weighted by Crippen LogP contribution is 2.37. The zero-order valence-electron chi connectivity index (χ0n) is 9.04. The first-order valence-corrected chi connectivity index (χ1v) is 5.30. The molecule has 1 nitrogen and oxygen atoms in total. The molecule has 0 fully saturated rings. The summed E-state index contributed by atoms with van der Waals surface area (Å²) < 4.78 is 0. The van der Waals surface area contributed by atoms with Gasteiger partial charge in [0.15, 0.2) is 0 Å². The lowest BCUT2D eigenvalue weighted by atomic mass is 10.0. The number of hydrogen-bond donors (Lipinski definition) is 0.